The first-order valence-corrected chi connectivity index (χ1v) is 5.66. The van der Waals surface area contributed by atoms with Crippen molar-refractivity contribution in [1.29, 1.82) is 0 Å². The predicted molar refractivity (Wildman–Crippen MR) is 58.8 cm³/mol. The van der Waals surface area contributed by atoms with Gasteiger partial charge in [-0.1, -0.05) is 0 Å². The van der Waals surface area contributed by atoms with Crippen LogP contribution in [0.2, 0.25) is 0 Å². The van der Waals surface area contributed by atoms with Crippen LogP contribution in [-0.4, -0.2) is 48.2 Å². The summed E-state index contributed by atoms with van der Waals surface area (Å²) < 4.78 is 5.34. The molecule has 3 N–H and O–H groups in total. The molecule has 1 aliphatic rings. The Bertz CT molecular complexity index is 183. The van der Waals surface area contributed by atoms with Crippen molar-refractivity contribution in [3.05, 3.63) is 0 Å². The van der Waals surface area contributed by atoms with E-state index in [0.29, 0.717) is 12.1 Å². The van der Waals surface area contributed by atoms with Crippen molar-refractivity contribution in [2.75, 3.05) is 20.3 Å². The van der Waals surface area contributed by atoms with Crippen molar-refractivity contribution in [3.8, 4) is 0 Å². The van der Waals surface area contributed by atoms with Gasteiger partial charge in [0.2, 0.25) is 0 Å². The number of rotatable bonds is 5. The molecule has 2 atom stereocenters. The molecule has 1 aliphatic carbocycles. The minimum Gasteiger partial charge on any atom is -0.394 e. The second kappa shape index (κ2) is 5.80. The van der Waals surface area contributed by atoms with Crippen LogP contribution in [0.25, 0.3) is 0 Å². The van der Waals surface area contributed by atoms with Crippen LogP contribution in [0.1, 0.15) is 32.6 Å². The van der Waals surface area contributed by atoms with Crippen LogP contribution in [0.15, 0.2) is 0 Å². The van der Waals surface area contributed by atoms with Crippen molar-refractivity contribution in [2.24, 2.45) is 0 Å². The van der Waals surface area contributed by atoms with E-state index in [4.69, 9.17) is 4.74 Å². The smallest absolute Gasteiger partial charge is 0.0633 e. The molecule has 0 saturated heterocycles. The molecule has 2 unspecified atom stereocenters. The normalized spacial score (nSPS) is 28.0. The Labute approximate surface area is 91.6 Å². The molecule has 0 amide bonds. The van der Waals surface area contributed by atoms with Gasteiger partial charge >= 0.3 is 0 Å². The first kappa shape index (κ1) is 12.9. The van der Waals surface area contributed by atoms with Crippen molar-refractivity contribution in [3.63, 3.8) is 0 Å². The minimum atomic E-state index is -0.569. The molecule has 0 aromatic rings. The Morgan fingerprint density at radius 1 is 1.33 bits per heavy atom. The SMILES string of the molecule is COC1CCCC(NC(C)(CO)CO)C1. The molecule has 0 spiro atoms. The molecule has 4 nitrogen and oxygen atoms in total. The van der Waals surface area contributed by atoms with Crippen molar-refractivity contribution < 1.29 is 14.9 Å². The van der Waals surface area contributed by atoms with Crippen LogP contribution in [-0.2, 0) is 4.74 Å². The van der Waals surface area contributed by atoms with E-state index < -0.39 is 5.54 Å². The van der Waals surface area contributed by atoms with E-state index in [1.54, 1.807) is 7.11 Å². The van der Waals surface area contributed by atoms with Crippen molar-refractivity contribution >= 4 is 0 Å². The highest BCUT2D eigenvalue weighted by molar-refractivity contribution is 4.88. The second-order valence-electron chi connectivity index (χ2n) is 4.74. The fourth-order valence-electron chi connectivity index (χ4n) is 2.12. The molecular formula is C11H23NO3. The lowest BCUT2D eigenvalue weighted by atomic mass is 9.90. The van der Waals surface area contributed by atoms with Crippen LogP contribution in [0.5, 0.6) is 0 Å². The fourth-order valence-corrected chi connectivity index (χ4v) is 2.12. The van der Waals surface area contributed by atoms with Gasteiger partial charge in [-0.2, -0.15) is 0 Å². The molecular weight excluding hydrogens is 194 g/mol. The molecule has 0 heterocycles. The predicted octanol–water partition coefficient (Wildman–Crippen LogP) is 0.277. The summed E-state index contributed by atoms with van der Waals surface area (Å²) in [6.45, 7) is 1.75. The summed E-state index contributed by atoms with van der Waals surface area (Å²) in [7, 11) is 1.74. The summed E-state index contributed by atoms with van der Waals surface area (Å²) in [6.07, 6.45) is 4.63. The third-order valence-electron chi connectivity index (χ3n) is 3.21. The van der Waals surface area contributed by atoms with Crippen LogP contribution in [0, 0.1) is 0 Å². The average Bonchev–Trinajstić information content (AvgIpc) is 2.29. The van der Waals surface area contributed by atoms with Gasteiger partial charge in [0.05, 0.1) is 24.9 Å². The fraction of sp³-hybridized carbons (Fsp3) is 1.00. The van der Waals surface area contributed by atoms with E-state index >= 15 is 0 Å². The van der Waals surface area contributed by atoms with Gasteiger partial charge < -0.3 is 20.3 Å². The lowest BCUT2D eigenvalue weighted by molar-refractivity contribution is 0.0378. The van der Waals surface area contributed by atoms with E-state index in [0.717, 1.165) is 25.7 Å². The molecule has 0 aliphatic heterocycles. The highest BCUT2D eigenvalue weighted by Crippen LogP contribution is 2.22. The number of aliphatic hydroxyl groups excluding tert-OH is 2. The standard InChI is InChI=1S/C11H23NO3/c1-11(7-13,8-14)12-9-4-3-5-10(6-9)15-2/h9-10,12-14H,3-8H2,1-2H3. The van der Waals surface area contributed by atoms with Crippen LogP contribution in [0.4, 0.5) is 0 Å². The van der Waals surface area contributed by atoms with E-state index in [1.165, 1.54) is 0 Å². The number of ether oxygens (including phenoxy) is 1. The zero-order chi connectivity index (χ0) is 11.3. The number of methoxy groups -OCH3 is 1. The number of nitrogens with one attached hydrogen (secondary N) is 1. The van der Waals surface area contributed by atoms with E-state index in [9.17, 15) is 10.2 Å². The Morgan fingerprint density at radius 2 is 2.00 bits per heavy atom. The van der Waals surface area contributed by atoms with Crippen molar-refractivity contribution in [1.82, 2.24) is 5.32 Å². The Morgan fingerprint density at radius 3 is 2.53 bits per heavy atom. The molecule has 0 aromatic heterocycles. The maximum Gasteiger partial charge on any atom is 0.0633 e. The third-order valence-corrected chi connectivity index (χ3v) is 3.21. The molecule has 0 aromatic carbocycles. The summed E-state index contributed by atoms with van der Waals surface area (Å²) in [4.78, 5) is 0. The summed E-state index contributed by atoms with van der Waals surface area (Å²) in [6, 6.07) is 0.341. The van der Waals surface area contributed by atoms with Gasteiger partial charge in [-0.05, 0) is 32.6 Å². The molecule has 15 heavy (non-hydrogen) atoms. The topological polar surface area (TPSA) is 61.7 Å². The van der Waals surface area contributed by atoms with Crippen LogP contribution >= 0.6 is 0 Å². The monoisotopic (exact) mass is 217 g/mol. The Hall–Kier alpha value is -0.160. The molecule has 1 saturated carbocycles. The Balaban J connectivity index is 2.43. The molecule has 90 valence electrons. The highest BCUT2D eigenvalue weighted by atomic mass is 16.5. The molecule has 1 fully saturated rings. The molecule has 0 radical (unpaired) electrons. The molecule has 4 heteroatoms. The molecule has 1 rings (SSSR count). The average molecular weight is 217 g/mol. The lowest BCUT2D eigenvalue weighted by Crippen LogP contribution is -2.55. The third kappa shape index (κ3) is 3.72. The Kier molecular flexibility index (Phi) is 4.99. The van der Waals surface area contributed by atoms with Gasteiger partial charge in [-0.15, -0.1) is 0 Å². The first-order chi connectivity index (χ1) is 7.13. The maximum atomic E-state index is 9.19. The lowest BCUT2D eigenvalue weighted by Gasteiger charge is -2.36. The number of hydrogen-bond donors (Lipinski definition) is 3. The van der Waals surface area contributed by atoms with E-state index in [-0.39, 0.29) is 13.2 Å². The van der Waals surface area contributed by atoms with Gasteiger partial charge in [-0.25, -0.2) is 0 Å². The minimum absolute atomic E-state index is 0.0440. The van der Waals surface area contributed by atoms with Crippen LogP contribution in [0.3, 0.4) is 0 Å². The summed E-state index contributed by atoms with van der Waals surface area (Å²) in [5, 5.41) is 21.7. The number of hydrogen-bond acceptors (Lipinski definition) is 4. The zero-order valence-electron chi connectivity index (χ0n) is 9.70. The highest BCUT2D eigenvalue weighted by Gasteiger charge is 2.29. The zero-order valence-corrected chi connectivity index (χ0v) is 9.70. The second-order valence-corrected chi connectivity index (χ2v) is 4.74. The van der Waals surface area contributed by atoms with Crippen LogP contribution < -0.4 is 5.32 Å². The summed E-state index contributed by atoms with van der Waals surface area (Å²) in [5.41, 5.74) is -0.569. The van der Waals surface area contributed by atoms with Gasteiger partial charge in [0.25, 0.3) is 0 Å². The van der Waals surface area contributed by atoms with Gasteiger partial charge in [0, 0.05) is 13.2 Å². The van der Waals surface area contributed by atoms with Crippen molar-refractivity contribution in [2.45, 2.75) is 50.3 Å². The quantitative estimate of drug-likeness (QED) is 0.619. The van der Waals surface area contributed by atoms with E-state index in [1.807, 2.05) is 6.92 Å². The number of aliphatic hydroxyl groups is 2. The van der Waals surface area contributed by atoms with E-state index in [2.05, 4.69) is 5.32 Å². The van der Waals surface area contributed by atoms with Gasteiger partial charge in [0.15, 0.2) is 0 Å². The first-order valence-electron chi connectivity index (χ1n) is 5.66. The maximum absolute atomic E-state index is 9.19. The van der Waals surface area contributed by atoms with Gasteiger partial charge in [-0.3, -0.25) is 0 Å². The van der Waals surface area contributed by atoms with Gasteiger partial charge in [0.1, 0.15) is 0 Å². The summed E-state index contributed by atoms with van der Waals surface area (Å²) >= 11 is 0. The largest absolute Gasteiger partial charge is 0.394 e. The molecule has 0 bridgehead atoms. The summed E-state index contributed by atoms with van der Waals surface area (Å²) in [5.74, 6) is 0.